The Bertz CT molecular complexity index is 1150. The molecule has 0 atom stereocenters. The number of anilines is 1. The average molecular weight is 467 g/mol. The van der Waals surface area contributed by atoms with Crippen LogP contribution in [0.5, 0.6) is 5.75 Å². The number of nitrogens with zero attached hydrogens (tertiary/aromatic N) is 1. The maximum atomic E-state index is 12.7. The summed E-state index contributed by atoms with van der Waals surface area (Å²) in [6.07, 6.45) is 7.61. The summed E-state index contributed by atoms with van der Waals surface area (Å²) in [6, 6.07) is 12.2. The standard InChI is InChI=1S/C23H19BrN2O2S/c1-14-3-4-16(9-15(14)2)10-20-13-25-23(29-20)26-22(27)17-7-8-28-21-6-5-19(24)12-18(21)11-17/h3-9,11-13H,10H2,1-2H3,(H,25,26,27). The number of halogens is 1. The molecular weight excluding hydrogens is 448 g/mol. The van der Waals surface area contributed by atoms with Crippen molar-refractivity contribution in [3.05, 3.63) is 92.1 Å². The van der Waals surface area contributed by atoms with Gasteiger partial charge < -0.3 is 4.74 Å². The predicted molar refractivity (Wildman–Crippen MR) is 121 cm³/mol. The highest BCUT2D eigenvalue weighted by molar-refractivity contribution is 9.10. The molecular formula is C23H19BrN2O2S. The number of aromatic nitrogens is 1. The summed E-state index contributed by atoms with van der Waals surface area (Å²) in [4.78, 5) is 18.2. The zero-order valence-corrected chi connectivity index (χ0v) is 18.4. The minimum absolute atomic E-state index is 0.218. The molecule has 146 valence electrons. The molecule has 6 heteroatoms. The summed E-state index contributed by atoms with van der Waals surface area (Å²) in [5.41, 5.74) is 5.15. The molecule has 1 aliphatic rings. The molecule has 2 aromatic carbocycles. The Balaban J connectivity index is 1.48. The Labute approximate surface area is 182 Å². The summed E-state index contributed by atoms with van der Waals surface area (Å²) >= 11 is 4.94. The summed E-state index contributed by atoms with van der Waals surface area (Å²) in [7, 11) is 0. The molecule has 3 aromatic rings. The second kappa shape index (κ2) is 8.35. The van der Waals surface area contributed by atoms with Crippen LogP contribution < -0.4 is 10.1 Å². The molecule has 0 bridgehead atoms. The molecule has 4 rings (SSSR count). The van der Waals surface area contributed by atoms with Crippen molar-refractivity contribution < 1.29 is 9.53 Å². The quantitative estimate of drug-likeness (QED) is 0.509. The number of aryl methyl sites for hydroxylation is 2. The molecule has 4 nitrogen and oxygen atoms in total. The lowest BCUT2D eigenvalue weighted by Gasteiger charge is -2.04. The van der Waals surface area contributed by atoms with Crippen LogP contribution in [-0.4, -0.2) is 10.9 Å². The highest BCUT2D eigenvalue weighted by Gasteiger charge is 2.14. The number of fused-ring (bicyclic) bond motifs is 1. The predicted octanol–water partition coefficient (Wildman–Crippen LogP) is 6.04. The van der Waals surface area contributed by atoms with Gasteiger partial charge in [-0.1, -0.05) is 34.1 Å². The average Bonchev–Trinajstić information content (AvgIpc) is 3.00. The van der Waals surface area contributed by atoms with E-state index >= 15 is 0 Å². The molecule has 2 heterocycles. The first-order chi connectivity index (χ1) is 14.0. The van der Waals surface area contributed by atoms with E-state index in [-0.39, 0.29) is 5.91 Å². The van der Waals surface area contributed by atoms with Crippen LogP contribution >= 0.6 is 27.3 Å². The van der Waals surface area contributed by atoms with Gasteiger partial charge in [0.1, 0.15) is 5.75 Å². The molecule has 0 spiro atoms. The van der Waals surface area contributed by atoms with Crippen molar-refractivity contribution in [1.29, 1.82) is 0 Å². The molecule has 0 saturated carbocycles. The van der Waals surface area contributed by atoms with Crippen molar-refractivity contribution in [2.45, 2.75) is 20.3 Å². The van der Waals surface area contributed by atoms with Crippen LogP contribution in [0.3, 0.4) is 0 Å². The number of benzene rings is 2. The van der Waals surface area contributed by atoms with Gasteiger partial charge in [-0.25, -0.2) is 4.98 Å². The van der Waals surface area contributed by atoms with E-state index in [1.54, 1.807) is 6.08 Å². The van der Waals surface area contributed by atoms with Crippen molar-refractivity contribution in [2.75, 3.05) is 5.32 Å². The van der Waals surface area contributed by atoms with E-state index in [0.29, 0.717) is 16.5 Å². The van der Waals surface area contributed by atoms with Crippen LogP contribution in [0.25, 0.3) is 6.08 Å². The van der Waals surface area contributed by atoms with E-state index < -0.39 is 0 Å². The van der Waals surface area contributed by atoms with Crippen LogP contribution in [0.15, 0.2) is 65.0 Å². The monoisotopic (exact) mass is 466 g/mol. The Morgan fingerprint density at radius 2 is 2.03 bits per heavy atom. The first-order valence-corrected chi connectivity index (χ1v) is 10.8. The van der Waals surface area contributed by atoms with E-state index in [9.17, 15) is 4.79 Å². The summed E-state index contributed by atoms with van der Waals surface area (Å²) in [5.74, 6) is 0.488. The molecule has 1 aliphatic heterocycles. The Morgan fingerprint density at radius 3 is 2.86 bits per heavy atom. The lowest BCUT2D eigenvalue weighted by molar-refractivity contribution is -0.112. The van der Waals surface area contributed by atoms with E-state index in [1.807, 2.05) is 30.5 Å². The molecule has 0 aliphatic carbocycles. The fraction of sp³-hybridized carbons (Fsp3) is 0.130. The smallest absolute Gasteiger partial charge is 0.257 e. The van der Waals surface area contributed by atoms with Gasteiger partial charge in [-0.3, -0.25) is 10.1 Å². The van der Waals surface area contributed by atoms with Gasteiger partial charge in [-0.05, 0) is 60.9 Å². The van der Waals surface area contributed by atoms with E-state index in [1.165, 1.54) is 34.3 Å². The zero-order valence-electron chi connectivity index (χ0n) is 16.0. The number of hydrogen-bond acceptors (Lipinski definition) is 4. The molecule has 1 aromatic heterocycles. The van der Waals surface area contributed by atoms with Gasteiger partial charge in [-0.15, -0.1) is 11.3 Å². The topological polar surface area (TPSA) is 51.2 Å². The molecule has 29 heavy (non-hydrogen) atoms. The second-order valence-corrected chi connectivity index (χ2v) is 8.91. The Kier molecular flexibility index (Phi) is 5.65. The van der Waals surface area contributed by atoms with Gasteiger partial charge in [0.15, 0.2) is 5.13 Å². The van der Waals surface area contributed by atoms with E-state index in [2.05, 4.69) is 58.3 Å². The van der Waals surface area contributed by atoms with Crippen LogP contribution in [0.2, 0.25) is 0 Å². The molecule has 0 unspecified atom stereocenters. The number of rotatable bonds is 4. The Hall–Kier alpha value is -2.70. The van der Waals surface area contributed by atoms with Gasteiger partial charge in [0.2, 0.25) is 0 Å². The summed E-state index contributed by atoms with van der Waals surface area (Å²) in [5, 5.41) is 3.48. The first kappa shape index (κ1) is 19.6. The van der Waals surface area contributed by atoms with Crippen molar-refractivity contribution in [3.8, 4) is 5.75 Å². The lowest BCUT2D eigenvalue weighted by Crippen LogP contribution is -2.12. The lowest BCUT2D eigenvalue weighted by atomic mass is 10.0. The highest BCUT2D eigenvalue weighted by atomic mass is 79.9. The number of carbonyl (C=O) groups excluding carboxylic acids is 1. The number of hydrogen-bond donors (Lipinski definition) is 1. The van der Waals surface area contributed by atoms with Crippen molar-refractivity contribution >= 4 is 44.4 Å². The van der Waals surface area contributed by atoms with E-state index in [0.717, 1.165) is 21.3 Å². The number of carbonyl (C=O) groups is 1. The van der Waals surface area contributed by atoms with Gasteiger partial charge in [0.05, 0.1) is 6.26 Å². The van der Waals surface area contributed by atoms with Gasteiger partial charge in [0, 0.05) is 33.1 Å². The third-order valence-corrected chi connectivity index (χ3v) is 6.12. The summed E-state index contributed by atoms with van der Waals surface area (Å²) < 4.78 is 6.50. The maximum absolute atomic E-state index is 12.7. The van der Waals surface area contributed by atoms with Gasteiger partial charge >= 0.3 is 0 Å². The third-order valence-electron chi connectivity index (χ3n) is 4.71. The molecule has 1 amide bonds. The zero-order chi connectivity index (χ0) is 20.4. The third kappa shape index (κ3) is 4.66. The normalized spacial score (nSPS) is 12.6. The Morgan fingerprint density at radius 1 is 1.17 bits per heavy atom. The van der Waals surface area contributed by atoms with Crippen LogP contribution in [0.4, 0.5) is 5.13 Å². The number of ether oxygens (including phenoxy) is 1. The number of thiazole rings is 1. The van der Waals surface area contributed by atoms with Crippen molar-refractivity contribution in [1.82, 2.24) is 4.98 Å². The van der Waals surface area contributed by atoms with Gasteiger partial charge in [-0.2, -0.15) is 0 Å². The van der Waals surface area contributed by atoms with Crippen molar-refractivity contribution in [2.24, 2.45) is 0 Å². The number of nitrogens with one attached hydrogen (secondary N) is 1. The second-order valence-electron chi connectivity index (χ2n) is 6.88. The fourth-order valence-electron chi connectivity index (χ4n) is 3.01. The minimum Gasteiger partial charge on any atom is -0.464 e. The first-order valence-electron chi connectivity index (χ1n) is 9.14. The van der Waals surface area contributed by atoms with Gasteiger partial charge in [0.25, 0.3) is 5.91 Å². The SMILES string of the molecule is Cc1ccc(Cc2cnc(NC(=O)C3=Cc4cc(Br)ccc4OC=C3)s2)cc1C. The van der Waals surface area contributed by atoms with Crippen LogP contribution in [0, 0.1) is 13.8 Å². The molecule has 0 radical (unpaired) electrons. The fourth-order valence-corrected chi connectivity index (χ4v) is 4.23. The minimum atomic E-state index is -0.218. The van der Waals surface area contributed by atoms with Crippen LogP contribution in [-0.2, 0) is 11.2 Å². The largest absolute Gasteiger partial charge is 0.464 e. The summed E-state index contributed by atoms with van der Waals surface area (Å²) in [6.45, 7) is 4.23. The molecule has 0 saturated heterocycles. The van der Waals surface area contributed by atoms with Crippen molar-refractivity contribution in [3.63, 3.8) is 0 Å². The number of amides is 1. The highest BCUT2D eigenvalue weighted by Crippen LogP contribution is 2.29. The molecule has 0 fully saturated rings. The van der Waals surface area contributed by atoms with Crippen LogP contribution in [0.1, 0.15) is 27.1 Å². The molecule has 1 N–H and O–H groups in total. The van der Waals surface area contributed by atoms with E-state index in [4.69, 9.17) is 4.74 Å². The maximum Gasteiger partial charge on any atom is 0.257 e.